The molecule has 3 rings (SSSR count). The molecule has 5 heteroatoms. The van der Waals surface area contributed by atoms with Gasteiger partial charge in [0.15, 0.2) is 0 Å². The first-order valence-corrected chi connectivity index (χ1v) is 8.95. The summed E-state index contributed by atoms with van der Waals surface area (Å²) < 4.78 is 0. The average Bonchev–Trinajstić information content (AvgIpc) is 2.59. The number of nitrogens with zero attached hydrogens (tertiary/aromatic N) is 2. The van der Waals surface area contributed by atoms with Crippen LogP contribution in [-0.4, -0.2) is 25.0 Å². The van der Waals surface area contributed by atoms with Gasteiger partial charge in [0.05, 0.1) is 11.5 Å². The van der Waals surface area contributed by atoms with E-state index >= 15 is 0 Å². The lowest BCUT2D eigenvalue weighted by Gasteiger charge is -2.36. The molecule has 126 valence electrons. The van der Waals surface area contributed by atoms with Crippen LogP contribution in [0.1, 0.15) is 18.4 Å². The lowest BCUT2D eigenvalue weighted by Crippen LogP contribution is -2.40. The van der Waals surface area contributed by atoms with Crippen molar-refractivity contribution in [3.05, 3.63) is 59.1 Å². The lowest BCUT2D eigenvalue weighted by atomic mass is 9.74. The van der Waals surface area contributed by atoms with Crippen LogP contribution in [0.4, 0.5) is 0 Å². The van der Waals surface area contributed by atoms with E-state index in [4.69, 9.17) is 11.6 Å². The highest BCUT2D eigenvalue weighted by Crippen LogP contribution is 2.41. The van der Waals surface area contributed by atoms with Crippen LogP contribution in [0, 0.1) is 11.3 Å². The van der Waals surface area contributed by atoms with Crippen LogP contribution in [0.25, 0.3) is 0 Å². The second kappa shape index (κ2) is 8.27. The molecular weight excluding hydrogens is 359 g/mol. The summed E-state index contributed by atoms with van der Waals surface area (Å²) in [7, 11) is 2.12. The van der Waals surface area contributed by atoms with Gasteiger partial charge in [0.2, 0.25) is 0 Å². The molecule has 1 aliphatic heterocycles. The molecule has 1 fully saturated rings. The first kappa shape index (κ1) is 19.1. The largest absolute Gasteiger partial charge is 0.306 e. The maximum atomic E-state index is 9.91. The summed E-state index contributed by atoms with van der Waals surface area (Å²) >= 11 is 7.68. The van der Waals surface area contributed by atoms with E-state index in [0.717, 1.165) is 41.4 Å². The normalized spacial score (nSPS) is 16.9. The predicted molar refractivity (Wildman–Crippen MR) is 103 cm³/mol. The fraction of sp³-hybridized carbons (Fsp3) is 0.316. The molecule has 0 bridgehead atoms. The van der Waals surface area contributed by atoms with E-state index in [1.807, 2.05) is 36.4 Å². The van der Waals surface area contributed by atoms with Crippen molar-refractivity contribution in [2.45, 2.75) is 28.0 Å². The Morgan fingerprint density at radius 2 is 1.71 bits per heavy atom. The van der Waals surface area contributed by atoms with Crippen molar-refractivity contribution in [2.75, 3.05) is 20.1 Å². The minimum Gasteiger partial charge on any atom is -0.306 e. The SMILES string of the molecule is CN1CCC(C#N)(c2ccccc2Sc2ccc(Cl)cc2)CC1.Cl. The number of hydrogen-bond donors (Lipinski definition) is 0. The molecule has 0 atom stereocenters. The Hall–Kier alpha value is -1.18. The number of halogens is 2. The molecule has 2 aromatic rings. The lowest BCUT2D eigenvalue weighted by molar-refractivity contribution is 0.220. The molecule has 0 aliphatic carbocycles. The van der Waals surface area contributed by atoms with Crippen molar-refractivity contribution in [2.24, 2.45) is 0 Å². The Kier molecular flexibility index (Phi) is 6.60. The van der Waals surface area contributed by atoms with Crippen LogP contribution in [0.15, 0.2) is 58.3 Å². The van der Waals surface area contributed by atoms with Crippen LogP contribution < -0.4 is 0 Å². The highest BCUT2D eigenvalue weighted by atomic mass is 35.5. The monoisotopic (exact) mass is 378 g/mol. The number of nitriles is 1. The molecule has 24 heavy (non-hydrogen) atoms. The molecule has 0 saturated carbocycles. The van der Waals surface area contributed by atoms with Gasteiger partial charge in [-0.3, -0.25) is 0 Å². The fourth-order valence-corrected chi connectivity index (χ4v) is 4.19. The van der Waals surface area contributed by atoms with Crippen LogP contribution in [0.2, 0.25) is 5.02 Å². The summed E-state index contributed by atoms with van der Waals surface area (Å²) in [6, 6.07) is 18.8. The Labute approximate surface area is 159 Å². The van der Waals surface area contributed by atoms with Gasteiger partial charge in [-0.05, 0) is 68.9 Å². The molecule has 0 aromatic heterocycles. The third-order valence-corrected chi connectivity index (χ3v) is 5.83. The van der Waals surface area contributed by atoms with Crippen LogP contribution in [0.3, 0.4) is 0 Å². The molecule has 0 radical (unpaired) electrons. The molecule has 0 spiro atoms. The number of rotatable bonds is 3. The highest BCUT2D eigenvalue weighted by Gasteiger charge is 2.37. The van der Waals surface area contributed by atoms with Gasteiger partial charge in [-0.25, -0.2) is 0 Å². The van der Waals surface area contributed by atoms with Crippen LogP contribution >= 0.6 is 35.8 Å². The maximum Gasteiger partial charge on any atom is 0.0857 e. The Bertz CT molecular complexity index is 717. The molecule has 0 N–H and O–H groups in total. The quantitative estimate of drug-likeness (QED) is 0.715. The van der Waals surface area contributed by atoms with Crippen LogP contribution in [-0.2, 0) is 5.41 Å². The summed E-state index contributed by atoms with van der Waals surface area (Å²) in [4.78, 5) is 4.61. The minimum absolute atomic E-state index is 0. The van der Waals surface area contributed by atoms with E-state index in [1.54, 1.807) is 11.8 Å². The molecule has 0 unspecified atom stereocenters. The summed E-state index contributed by atoms with van der Waals surface area (Å²) in [5.41, 5.74) is 0.790. The van der Waals surface area contributed by atoms with Crippen LogP contribution in [0.5, 0.6) is 0 Å². The summed E-state index contributed by atoms with van der Waals surface area (Å²) in [6.07, 6.45) is 1.77. The van der Waals surface area contributed by atoms with E-state index in [2.05, 4.69) is 30.1 Å². The van der Waals surface area contributed by atoms with Gasteiger partial charge in [0, 0.05) is 14.8 Å². The zero-order valence-corrected chi connectivity index (χ0v) is 15.9. The van der Waals surface area contributed by atoms with Gasteiger partial charge < -0.3 is 4.90 Å². The molecular formula is C19H20Cl2N2S. The second-order valence-electron chi connectivity index (χ2n) is 6.05. The van der Waals surface area contributed by atoms with E-state index in [0.29, 0.717) is 0 Å². The Morgan fingerprint density at radius 3 is 2.33 bits per heavy atom. The summed E-state index contributed by atoms with van der Waals surface area (Å²) in [5, 5.41) is 10.7. The molecule has 2 aromatic carbocycles. The first-order chi connectivity index (χ1) is 11.1. The number of benzene rings is 2. The van der Waals surface area contributed by atoms with E-state index in [1.165, 1.54) is 4.90 Å². The Balaban J connectivity index is 0.00000208. The van der Waals surface area contributed by atoms with E-state index < -0.39 is 0 Å². The van der Waals surface area contributed by atoms with Gasteiger partial charge in [-0.15, -0.1) is 12.4 Å². The predicted octanol–water partition coefficient (Wildman–Crippen LogP) is 5.40. The summed E-state index contributed by atoms with van der Waals surface area (Å²) in [6.45, 7) is 1.93. The van der Waals surface area contributed by atoms with Crippen molar-refractivity contribution >= 4 is 35.8 Å². The molecule has 0 amide bonds. The highest BCUT2D eigenvalue weighted by molar-refractivity contribution is 7.99. The fourth-order valence-electron chi connectivity index (χ4n) is 3.02. The van der Waals surface area contributed by atoms with Crippen molar-refractivity contribution in [3.63, 3.8) is 0 Å². The average molecular weight is 379 g/mol. The number of piperidine rings is 1. The maximum absolute atomic E-state index is 9.91. The molecule has 1 heterocycles. The third kappa shape index (κ3) is 4.07. The topological polar surface area (TPSA) is 27.0 Å². The minimum atomic E-state index is -0.372. The van der Waals surface area contributed by atoms with E-state index in [9.17, 15) is 5.26 Å². The molecule has 2 nitrogen and oxygen atoms in total. The Morgan fingerprint density at radius 1 is 1.08 bits per heavy atom. The standard InChI is InChI=1S/C19H19ClN2S.ClH/c1-22-12-10-19(14-21,11-13-22)17-4-2-3-5-18(17)23-16-8-6-15(20)7-9-16;/h2-9H,10-13H2,1H3;1H. The van der Waals surface area contributed by atoms with Gasteiger partial charge in [-0.1, -0.05) is 41.6 Å². The first-order valence-electron chi connectivity index (χ1n) is 7.76. The molecule has 1 saturated heterocycles. The van der Waals surface area contributed by atoms with Gasteiger partial charge >= 0.3 is 0 Å². The zero-order valence-electron chi connectivity index (χ0n) is 13.5. The van der Waals surface area contributed by atoms with Gasteiger partial charge in [0.25, 0.3) is 0 Å². The van der Waals surface area contributed by atoms with Crippen molar-refractivity contribution < 1.29 is 0 Å². The second-order valence-corrected chi connectivity index (χ2v) is 7.60. The van der Waals surface area contributed by atoms with E-state index in [-0.39, 0.29) is 17.8 Å². The third-order valence-electron chi connectivity index (χ3n) is 4.50. The van der Waals surface area contributed by atoms with Crippen molar-refractivity contribution in [3.8, 4) is 6.07 Å². The smallest absolute Gasteiger partial charge is 0.0857 e. The van der Waals surface area contributed by atoms with Crippen molar-refractivity contribution in [1.82, 2.24) is 4.90 Å². The van der Waals surface area contributed by atoms with Gasteiger partial charge in [-0.2, -0.15) is 5.26 Å². The zero-order chi connectivity index (χ0) is 16.3. The van der Waals surface area contributed by atoms with Crippen molar-refractivity contribution in [1.29, 1.82) is 5.26 Å². The molecule has 1 aliphatic rings. The van der Waals surface area contributed by atoms with Gasteiger partial charge in [0.1, 0.15) is 0 Å². The summed E-state index contributed by atoms with van der Waals surface area (Å²) in [5.74, 6) is 0. The number of likely N-dealkylation sites (tertiary alicyclic amines) is 1. The number of hydrogen-bond acceptors (Lipinski definition) is 3.